The number of carbonyl (C=O) groups is 1. The highest BCUT2D eigenvalue weighted by atomic mass is 19.1. The summed E-state index contributed by atoms with van der Waals surface area (Å²) in [5.74, 6) is -0.842. The van der Waals surface area contributed by atoms with Gasteiger partial charge in [-0.3, -0.25) is 4.79 Å². The lowest BCUT2D eigenvalue weighted by atomic mass is 10.00. The molecule has 1 aliphatic rings. The number of benzene rings is 1. The topological polar surface area (TPSA) is 67.2 Å². The van der Waals surface area contributed by atoms with Crippen LogP contribution >= 0.6 is 0 Å². The second-order valence-electron chi connectivity index (χ2n) is 5.29. The maximum atomic E-state index is 14.3. The number of nitrogens with zero attached hydrogens (tertiary/aromatic N) is 2. The van der Waals surface area contributed by atoms with Crippen LogP contribution in [0.1, 0.15) is 23.9 Å². The van der Waals surface area contributed by atoms with Crippen LogP contribution in [0.25, 0.3) is 5.69 Å². The number of aliphatic carboxylic acids is 1. The Labute approximate surface area is 121 Å². The van der Waals surface area contributed by atoms with Gasteiger partial charge >= 0.3 is 5.97 Å². The molecule has 5 nitrogen and oxygen atoms in total. The Morgan fingerprint density at radius 3 is 2.90 bits per heavy atom. The van der Waals surface area contributed by atoms with Crippen molar-refractivity contribution in [1.82, 2.24) is 14.9 Å². The van der Waals surface area contributed by atoms with Crippen molar-refractivity contribution in [3.63, 3.8) is 0 Å². The van der Waals surface area contributed by atoms with E-state index in [9.17, 15) is 9.18 Å². The molecule has 21 heavy (non-hydrogen) atoms. The van der Waals surface area contributed by atoms with Crippen molar-refractivity contribution in [2.24, 2.45) is 5.92 Å². The highest BCUT2D eigenvalue weighted by Crippen LogP contribution is 2.29. The van der Waals surface area contributed by atoms with Crippen molar-refractivity contribution < 1.29 is 14.3 Å². The third kappa shape index (κ3) is 2.54. The molecule has 1 aliphatic heterocycles. The lowest BCUT2D eigenvalue weighted by Crippen LogP contribution is -2.17. The normalized spacial score (nSPS) is 21.6. The van der Waals surface area contributed by atoms with Gasteiger partial charge in [0.05, 0.1) is 11.6 Å². The van der Waals surface area contributed by atoms with Crippen molar-refractivity contribution in [1.29, 1.82) is 0 Å². The molecule has 1 aromatic carbocycles. The zero-order valence-electron chi connectivity index (χ0n) is 11.6. The van der Waals surface area contributed by atoms with E-state index in [1.165, 1.54) is 6.07 Å². The second kappa shape index (κ2) is 5.29. The zero-order valence-corrected chi connectivity index (χ0v) is 11.6. The van der Waals surface area contributed by atoms with Crippen LogP contribution in [0.4, 0.5) is 4.39 Å². The molecule has 2 unspecified atom stereocenters. The summed E-state index contributed by atoms with van der Waals surface area (Å²) in [7, 11) is 0. The number of rotatable bonds is 3. The van der Waals surface area contributed by atoms with Crippen LogP contribution in [-0.4, -0.2) is 27.2 Å². The van der Waals surface area contributed by atoms with E-state index in [4.69, 9.17) is 5.11 Å². The Morgan fingerprint density at radius 1 is 1.52 bits per heavy atom. The fourth-order valence-corrected chi connectivity index (χ4v) is 2.75. The summed E-state index contributed by atoms with van der Waals surface area (Å²) in [6, 6.07) is 4.89. The van der Waals surface area contributed by atoms with E-state index in [1.807, 2.05) is 13.0 Å². The minimum absolute atomic E-state index is 0.112. The summed E-state index contributed by atoms with van der Waals surface area (Å²) in [5, 5.41) is 12.1. The number of hydrogen-bond acceptors (Lipinski definition) is 3. The summed E-state index contributed by atoms with van der Waals surface area (Å²) < 4.78 is 16.0. The predicted molar refractivity (Wildman–Crippen MR) is 74.7 cm³/mol. The molecule has 0 spiro atoms. The summed E-state index contributed by atoms with van der Waals surface area (Å²) in [6.07, 6.45) is 3.82. The Hall–Kier alpha value is -2.21. The van der Waals surface area contributed by atoms with Crippen LogP contribution in [0.5, 0.6) is 0 Å². The average Bonchev–Trinajstić information content (AvgIpc) is 3.07. The zero-order chi connectivity index (χ0) is 15.0. The molecule has 3 rings (SSSR count). The molecular weight excluding hydrogens is 273 g/mol. The van der Waals surface area contributed by atoms with Crippen LogP contribution in [0.3, 0.4) is 0 Å². The highest BCUT2D eigenvalue weighted by molar-refractivity contribution is 5.70. The fourth-order valence-electron chi connectivity index (χ4n) is 2.75. The van der Waals surface area contributed by atoms with E-state index < -0.39 is 11.9 Å². The van der Waals surface area contributed by atoms with Gasteiger partial charge in [-0.15, -0.1) is 0 Å². The standard InChI is InChI=1S/C15H16FN3O2/c1-9-17-4-5-19(9)14-3-2-10(6-12(14)16)13-7-11(8-18-13)15(20)21/h2-6,11,13,18H,7-8H2,1H3,(H,20,21). The maximum Gasteiger partial charge on any atom is 0.307 e. The number of aryl methyl sites for hydroxylation is 1. The van der Waals surface area contributed by atoms with Gasteiger partial charge in [0.15, 0.2) is 0 Å². The summed E-state index contributed by atoms with van der Waals surface area (Å²) in [4.78, 5) is 15.1. The Bertz CT molecular complexity index is 683. The SMILES string of the molecule is Cc1nccn1-c1ccc(C2CC(C(=O)O)CN2)cc1F. The number of carboxylic acids is 1. The number of aromatic nitrogens is 2. The molecule has 1 saturated heterocycles. The van der Waals surface area contributed by atoms with Crippen LogP contribution in [0, 0.1) is 18.7 Å². The molecule has 1 fully saturated rings. The highest BCUT2D eigenvalue weighted by Gasteiger charge is 2.30. The van der Waals surface area contributed by atoms with Gasteiger partial charge in [-0.2, -0.15) is 0 Å². The molecule has 110 valence electrons. The van der Waals surface area contributed by atoms with Gasteiger partial charge < -0.3 is 15.0 Å². The molecule has 0 bridgehead atoms. The summed E-state index contributed by atoms with van der Waals surface area (Å²) >= 11 is 0. The van der Waals surface area contributed by atoms with E-state index in [0.717, 1.165) is 5.56 Å². The Morgan fingerprint density at radius 2 is 2.33 bits per heavy atom. The number of imidazole rings is 1. The number of carboxylic acid groups (broad SMARTS) is 1. The minimum Gasteiger partial charge on any atom is -0.481 e. The Balaban J connectivity index is 1.86. The van der Waals surface area contributed by atoms with Crippen LogP contribution in [0.2, 0.25) is 0 Å². The van der Waals surface area contributed by atoms with Gasteiger partial charge in [-0.1, -0.05) is 6.07 Å². The van der Waals surface area contributed by atoms with Gasteiger partial charge in [0.2, 0.25) is 0 Å². The molecule has 2 N–H and O–H groups in total. The third-order valence-corrected chi connectivity index (χ3v) is 3.94. The molecular formula is C15H16FN3O2. The van der Waals surface area contributed by atoms with Gasteiger partial charge in [-0.05, 0) is 31.0 Å². The van der Waals surface area contributed by atoms with Crippen LogP contribution < -0.4 is 5.32 Å². The van der Waals surface area contributed by atoms with Crippen LogP contribution in [0.15, 0.2) is 30.6 Å². The maximum absolute atomic E-state index is 14.3. The van der Waals surface area contributed by atoms with Crippen molar-refractivity contribution in [2.75, 3.05) is 6.54 Å². The first-order chi connectivity index (χ1) is 10.1. The molecule has 0 saturated carbocycles. The third-order valence-electron chi connectivity index (χ3n) is 3.94. The number of halogens is 1. The van der Waals surface area contributed by atoms with Crippen molar-refractivity contribution >= 4 is 5.97 Å². The lowest BCUT2D eigenvalue weighted by molar-refractivity contribution is -0.141. The first kappa shape index (κ1) is 13.8. The molecule has 0 aliphatic carbocycles. The largest absolute Gasteiger partial charge is 0.481 e. The Kier molecular flexibility index (Phi) is 3.47. The molecule has 0 amide bonds. The van der Waals surface area contributed by atoms with Crippen molar-refractivity contribution in [3.8, 4) is 5.69 Å². The number of hydrogen-bond donors (Lipinski definition) is 2. The molecule has 0 radical (unpaired) electrons. The van der Waals surface area contributed by atoms with Gasteiger partial charge in [-0.25, -0.2) is 9.37 Å². The van der Waals surface area contributed by atoms with Gasteiger partial charge in [0.25, 0.3) is 0 Å². The van der Waals surface area contributed by atoms with Crippen molar-refractivity contribution in [3.05, 3.63) is 47.8 Å². The van der Waals surface area contributed by atoms with E-state index >= 15 is 0 Å². The summed E-state index contributed by atoms with van der Waals surface area (Å²) in [5.41, 5.74) is 1.22. The van der Waals surface area contributed by atoms with Gasteiger partial charge in [0, 0.05) is 25.0 Å². The van der Waals surface area contributed by atoms with Crippen molar-refractivity contribution in [2.45, 2.75) is 19.4 Å². The molecule has 1 aromatic heterocycles. The molecule has 6 heteroatoms. The average molecular weight is 289 g/mol. The quantitative estimate of drug-likeness (QED) is 0.907. The molecule has 2 atom stereocenters. The van der Waals surface area contributed by atoms with E-state index in [0.29, 0.717) is 24.5 Å². The first-order valence-electron chi connectivity index (χ1n) is 6.82. The molecule has 2 heterocycles. The van der Waals surface area contributed by atoms with E-state index in [-0.39, 0.29) is 11.9 Å². The monoisotopic (exact) mass is 289 g/mol. The minimum atomic E-state index is -0.809. The fraction of sp³-hybridized carbons (Fsp3) is 0.333. The predicted octanol–water partition coefficient (Wildman–Crippen LogP) is 2.06. The lowest BCUT2D eigenvalue weighted by Gasteiger charge is -2.13. The van der Waals surface area contributed by atoms with E-state index in [1.54, 1.807) is 23.0 Å². The second-order valence-corrected chi connectivity index (χ2v) is 5.29. The van der Waals surface area contributed by atoms with Crippen LogP contribution in [-0.2, 0) is 4.79 Å². The smallest absolute Gasteiger partial charge is 0.307 e. The number of nitrogens with one attached hydrogen (secondary N) is 1. The van der Waals surface area contributed by atoms with Gasteiger partial charge in [0.1, 0.15) is 11.6 Å². The summed E-state index contributed by atoms with van der Waals surface area (Å²) in [6.45, 7) is 2.23. The molecule has 2 aromatic rings. The van der Waals surface area contributed by atoms with E-state index in [2.05, 4.69) is 10.3 Å². The first-order valence-corrected chi connectivity index (χ1v) is 6.82.